The van der Waals surface area contributed by atoms with Gasteiger partial charge in [0.25, 0.3) is 0 Å². The lowest BCUT2D eigenvalue weighted by Gasteiger charge is -2.07. The van der Waals surface area contributed by atoms with Crippen LogP contribution in [0.5, 0.6) is 0 Å². The molecule has 17 heavy (non-hydrogen) atoms. The summed E-state index contributed by atoms with van der Waals surface area (Å²) in [6.07, 6.45) is 1.16. The largest absolute Gasteiger partial charge is 0.381 e. The Kier molecular flexibility index (Phi) is 5.21. The van der Waals surface area contributed by atoms with E-state index in [2.05, 4.69) is 27.8 Å². The van der Waals surface area contributed by atoms with Crippen LogP contribution in [0.2, 0.25) is 0 Å². The molecule has 1 aliphatic heterocycles. The Labute approximate surface area is 105 Å². The summed E-state index contributed by atoms with van der Waals surface area (Å²) in [6, 6.07) is 0. The second kappa shape index (κ2) is 6.93. The van der Waals surface area contributed by atoms with Gasteiger partial charge in [0.15, 0.2) is 0 Å². The van der Waals surface area contributed by atoms with Crippen molar-refractivity contribution in [3.8, 4) is 0 Å². The molecule has 1 atom stereocenters. The highest BCUT2D eigenvalue weighted by Gasteiger charge is 2.17. The lowest BCUT2D eigenvalue weighted by atomic mass is 10.2. The molecule has 0 radical (unpaired) electrons. The third-order valence-corrected chi connectivity index (χ3v) is 3.91. The topological polar surface area (TPSA) is 64.9 Å². The molecule has 0 amide bonds. The van der Waals surface area contributed by atoms with Gasteiger partial charge in [-0.05, 0) is 29.3 Å². The highest BCUT2D eigenvalue weighted by molar-refractivity contribution is 7.99. The Balaban J connectivity index is 1.76. The zero-order valence-electron chi connectivity index (χ0n) is 10.1. The molecule has 2 heterocycles. The Morgan fingerprint density at radius 1 is 1.59 bits per heavy atom. The van der Waals surface area contributed by atoms with Crippen LogP contribution < -0.4 is 5.32 Å². The molecule has 1 saturated heterocycles. The lowest BCUT2D eigenvalue weighted by molar-refractivity contribution is 0.189. The average molecular weight is 257 g/mol. The van der Waals surface area contributed by atoms with Crippen molar-refractivity contribution < 1.29 is 4.74 Å². The fourth-order valence-electron chi connectivity index (χ4n) is 1.71. The summed E-state index contributed by atoms with van der Waals surface area (Å²) in [7, 11) is 0. The van der Waals surface area contributed by atoms with Gasteiger partial charge in [0.2, 0.25) is 5.16 Å². The maximum Gasteiger partial charge on any atom is 0.209 e. The minimum atomic E-state index is 0.652. The molecule has 0 saturated carbocycles. The van der Waals surface area contributed by atoms with E-state index in [0.29, 0.717) is 5.92 Å². The predicted octanol–water partition coefficient (Wildman–Crippen LogP) is 0.411. The second-order valence-corrected chi connectivity index (χ2v) is 5.07. The standard InChI is InChI=1S/C10H19N5OS/c1-2-11-4-5-15-10(12-13-14-15)17-8-9-3-6-16-7-9/h9,11H,2-8H2,1H3. The molecule has 1 unspecified atom stereocenters. The molecule has 0 spiro atoms. The summed E-state index contributed by atoms with van der Waals surface area (Å²) in [5, 5.41) is 16.0. The smallest absolute Gasteiger partial charge is 0.209 e. The monoisotopic (exact) mass is 257 g/mol. The fraction of sp³-hybridized carbons (Fsp3) is 0.900. The van der Waals surface area contributed by atoms with E-state index in [1.54, 1.807) is 11.8 Å². The summed E-state index contributed by atoms with van der Waals surface area (Å²) in [6.45, 7) is 6.58. The van der Waals surface area contributed by atoms with Crippen molar-refractivity contribution in [1.82, 2.24) is 25.5 Å². The van der Waals surface area contributed by atoms with Gasteiger partial charge < -0.3 is 10.1 Å². The molecule has 1 fully saturated rings. The predicted molar refractivity (Wildman–Crippen MR) is 66.0 cm³/mol. The van der Waals surface area contributed by atoms with E-state index in [1.807, 2.05) is 4.68 Å². The van der Waals surface area contributed by atoms with E-state index in [0.717, 1.165) is 50.2 Å². The molecular weight excluding hydrogens is 238 g/mol. The van der Waals surface area contributed by atoms with Gasteiger partial charge in [0.05, 0.1) is 13.2 Å². The van der Waals surface area contributed by atoms with Crippen LogP contribution in [0.4, 0.5) is 0 Å². The van der Waals surface area contributed by atoms with Crippen LogP contribution in [0, 0.1) is 5.92 Å². The van der Waals surface area contributed by atoms with Gasteiger partial charge in [0, 0.05) is 18.9 Å². The molecular formula is C10H19N5OS. The number of nitrogens with zero attached hydrogens (tertiary/aromatic N) is 4. The Morgan fingerprint density at radius 2 is 2.53 bits per heavy atom. The maximum atomic E-state index is 5.35. The molecule has 1 aromatic rings. The molecule has 1 N–H and O–H groups in total. The quantitative estimate of drug-likeness (QED) is 0.564. The van der Waals surface area contributed by atoms with E-state index in [9.17, 15) is 0 Å². The number of aromatic nitrogens is 4. The number of ether oxygens (including phenoxy) is 1. The van der Waals surface area contributed by atoms with Gasteiger partial charge in [-0.15, -0.1) is 5.10 Å². The van der Waals surface area contributed by atoms with Crippen molar-refractivity contribution in [2.45, 2.75) is 25.0 Å². The van der Waals surface area contributed by atoms with Crippen LogP contribution in [0.3, 0.4) is 0 Å². The van der Waals surface area contributed by atoms with Crippen LogP contribution in [0.25, 0.3) is 0 Å². The summed E-state index contributed by atoms with van der Waals surface area (Å²) < 4.78 is 7.22. The van der Waals surface area contributed by atoms with E-state index >= 15 is 0 Å². The summed E-state index contributed by atoms with van der Waals surface area (Å²) in [5.74, 6) is 1.70. The van der Waals surface area contributed by atoms with Crippen molar-refractivity contribution in [1.29, 1.82) is 0 Å². The molecule has 1 aromatic heterocycles. The first-order chi connectivity index (χ1) is 8.40. The Morgan fingerprint density at radius 3 is 3.29 bits per heavy atom. The first kappa shape index (κ1) is 12.8. The Bertz CT molecular complexity index is 326. The molecule has 0 aromatic carbocycles. The van der Waals surface area contributed by atoms with Crippen LogP contribution in [-0.2, 0) is 11.3 Å². The van der Waals surface area contributed by atoms with Crippen LogP contribution in [0.1, 0.15) is 13.3 Å². The first-order valence-corrected chi connectivity index (χ1v) is 7.06. The SMILES string of the molecule is CCNCCn1nnnc1SCC1CCOC1. The van der Waals surface area contributed by atoms with Gasteiger partial charge in [-0.1, -0.05) is 18.7 Å². The van der Waals surface area contributed by atoms with Gasteiger partial charge in [-0.3, -0.25) is 0 Å². The molecule has 0 bridgehead atoms. The lowest BCUT2D eigenvalue weighted by Crippen LogP contribution is -2.20. The fourth-order valence-corrected chi connectivity index (χ4v) is 2.73. The highest BCUT2D eigenvalue weighted by atomic mass is 32.2. The number of hydrogen-bond acceptors (Lipinski definition) is 6. The third kappa shape index (κ3) is 3.93. The van der Waals surface area contributed by atoms with E-state index < -0.39 is 0 Å². The van der Waals surface area contributed by atoms with Crippen molar-refractivity contribution >= 4 is 11.8 Å². The molecule has 7 heteroatoms. The molecule has 6 nitrogen and oxygen atoms in total. The highest BCUT2D eigenvalue weighted by Crippen LogP contribution is 2.22. The number of nitrogens with one attached hydrogen (secondary N) is 1. The van der Waals surface area contributed by atoms with Gasteiger partial charge in [-0.25, -0.2) is 4.68 Å². The number of tetrazole rings is 1. The molecule has 96 valence electrons. The summed E-state index contributed by atoms with van der Waals surface area (Å²) in [4.78, 5) is 0. The summed E-state index contributed by atoms with van der Waals surface area (Å²) >= 11 is 1.73. The average Bonchev–Trinajstić information content (AvgIpc) is 2.97. The van der Waals surface area contributed by atoms with Gasteiger partial charge >= 0.3 is 0 Å². The minimum Gasteiger partial charge on any atom is -0.381 e. The van der Waals surface area contributed by atoms with Gasteiger partial charge in [0.1, 0.15) is 0 Å². The normalized spacial score (nSPS) is 19.9. The first-order valence-electron chi connectivity index (χ1n) is 6.07. The zero-order valence-corrected chi connectivity index (χ0v) is 10.9. The second-order valence-electron chi connectivity index (χ2n) is 4.08. The molecule has 2 rings (SSSR count). The van der Waals surface area contributed by atoms with Crippen LogP contribution >= 0.6 is 11.8 Å². The maximum absolute atomic E-state index is 5.35. The Hall–Kier alpha value is -0.660. The molecule has 1 aliphatic rings. The van der Waals surface area contributed by atoms with Crippen LogP contribution in [0.15, 0.2) is 5.16 Å². The van der Waals surface area contributed by atoms with Crippen molar-refractivity contribution in [2.75, 3.05) is 32.1 Å². The molecule has 0 aliphatic carbocycles. The van der Waals surface area contributed by atoms with E-state index in [-0.39, 0.29) is 0 Å². The minimum absolute atomic E-state index is 0.652. The van der Waals surface area contributed by atoms with E-state index in [1.165, 1.54) is 0 Å². The summed E-state index contributed by atoms with van der Waals surface area (Å²) in [5.41, 5.74) is 0. The number of hydrogen-bond donors (Lipinski definition) is 1. The third-order valence-electron chi connectivity index (χ3n) is 2.72. The number of thioether (sulfide) groups is 1. The van der Waals surface area contributed by atoms with Crippen molar-refractivity contribution in [2.24, 2.45) is 5.92 Å². The zero-order chi connectivity index (χ0) is 11.9. The van der Waals surface area contributed by atoms with Crippen molar-refractivity contribution in [3.05, 3.63) is 0 Å². The van der Waals surface area contributed by atoms with Crippen LogP contribution in [-0.4, -0.2) is 52.3 Å². The van der Waals surface area contributed by atoms with E-state index in [4.69, 9.17) is 4.74 Å². The number of rotatable bonds is 7. The van der Waals surface area contributed by atoms with Gasteiger partial charge in [-0.2, -0.15) is 0 Å². The number of likely N-dealkylation sites (N-methyl/N-ethyl adjacent to an activating group) is 1. The van der Waals surface area contributed by atoms with Crippen molar-refractivity contribution in [3.63, 3.8) is 0 Å².